The summed E-state index contributed by atoms with van der Waals surface area (Å²) in [7, 11) is 0. The van der Waals surface area contributed by atoms with Gasteiger partial charge in [0.15, 0.2) is 0 Å². The lowest BCUT2D eigenvalue weighted by Crippen LogP contribution is -2.33. The molecule has 0 aliphatic carbocycles. The number of para-hydroxylation sites is 1. The van der Waals surface area contributed by atoms with Crippen molar-refractivity contribution < 1.29 is 14.3 Å². The number of rotatable bonds is 5. The molecule has 0 spiro atoms. The van der Waals surface area contributed by atoms with Crippen molar-refractivity contribution >= 4 is 11.7 Å². The van der Waals surface area contributed by atoms with Crippen LogP contribution in [0.1, 0.15) is 36.5 Å². The van der Waals surface area contributed by atoms with Gasteiger partial charge in [-0.15, -0.1) is 0 Å². The summed E-state index contributed by atoms with van der Waals surface area (Å²) in [5.74, 6) is 0.899. The third-order valence-electron chi connectivity index (χ3n) is 3.30. The lowest BCUT2D eigenvalue weighted by molar-refractivity contribution is -0.118. The maximum Gasteiger partial charge on any atom is 0.257 e. The number of benzene rings is 1. The average molecular weight is 261 g/mol. The molecule has 1 heterocycles. The van der Waals surface area contributed by atoms with Crippen molar-refractivity contribution in [1.29, 1.82) is 0 Å². The molecular weight excluding hydrogens is 242 g/mol. The van der Waals surface area contributed by atoms with Gasteiger partial charge in [0, 0.05) is 19.4 Å². The number of nitrogens with zero attached hydrogens (tertiary/aromatic N) is 1. The van der Waals surface area contributed by atoms with Gasteiger partial charge in [-0.3, -0.25) is 9.59 Å². The molecule has 0 fully saturated rings. The third kappa shape index (κ3) is 3.34. The van der Waals surface area contributed by atoms with Gasteiger partial charge >= 0.3 is 0 Å². The van der Waals surface area contributed by atoms with E-state index < -0.39 is 0 Å². The smallest absolute Gasteiger partial charge is 0.257 e. The molecule has 0 saturated heterocycles. The van der Waals surface area contributed by atoms with E-state index in [2.05, 4.69) is 0 Å². The summed E-state index contributed by atoms with van der Waals surface area (Å²) < 4.78 is 5.57. The molecule has 4 nitrogen and oxygen atoms in total. The fourth-order valence-electron chi connectivity index (χ4n) is 2.16. The van der Waals surface area contributed by atoms with Gasteiger partial charge < -0.3 is 9.64 Å². The minimum absolute atomic E-state index is 0.00273. The Hall–Kier alpha value is -1.84. The van der Waals surface area contributed by atoms with Crippen LogP contribution >= 0.6 is 0 Å². The van der Waals surface area contributed by atoms with Crippen LogP contribution < -0.4 is 4.74 Å². The van der Waals surface area contributed by atoms with Crippen molar-refractivity contribution in [2.45, 2.75) is 26.2 Å². The van der Waals surface area contributed by atoms with E-state index in [4.69, 9.17) is 4.74 Å². The van der Waals surface area contributed by atoms with E-state index in [-0.39, 0.29) is 11.7 Å². The maximum atomic E-state index is 12.3. The quantitative estimate of drug-likeness (QED) is 0.817. The molecule has 1 aliphatic rings. The average Bonchev–Trinajstić information content (AvgIpc) is 2.59. The lowest BCUT2D eigenvalue weighted by atomic mass is 10.1. The Balaban J connectivity index is 1.99. The third-order valence-corrected chi connectivity index (χ3v) is 3.30. The van der Waals surface area contributed by atoms with Crippen molar-refractivity contribution in [3.05, 3.63) is 29.8 Å². The minimum Gasteiger partial charge on any atom is -0.491 e. The molecule has 1 aromatic rings. The van der Waals surface area contributed by atoms with Gasteiger partial charge in [0.2, 0.25) is 0 Å². The number of carbonyl (C=O) groups is 2. The van der Waals surface area contributed by atoms with Crippen LogP contribution in [0.25, 0.3) is 0 Å². The zero-order chi connectivity index (χ0) is 13.7. The molecule has 19 heavy (non-hydrogen) atoms. The summed E-state index contributed by atoms with van der Waals surface area (Å²) in [6.45, 7) is 3.56. The molecule has 0 atom stereocenters. The molecule has 4 heteroatoms. The Bertz CT molecular complexity index is 470. The van der Waals surface area contributed by atoms with Gasteiger partial charge in [-0.1, -0.05) is 19.1 Å². The van der Waals surface area contributed by atoms with Crippen molar-refractivity contribution in [1.82, 2.24) is 4.90 Å². The first-order valence-corrected chi connectivity index (χ1v) is 6.75. The number of hydrogen-bond acceptors (Lipinski definition) is 3. The topological polar surface area (TPSA) is 46.6 Å². The number of carbonyl (C=O) groups excluding carboxylic acids is 2. The molecule has 0 saturated carbocycles. The molecule has 0 radical (unpaired) electrons. The molecule has 0 bridgehead atoms. The number of fused-ring (bicyclic) bond motifs is 1. The van der Waals surface area contributed by atoms with Crippen LogP contribution in [-0.4, -0.2) is 36.3 Å². The van der Waals surface area contributed by atoms with E-state index in [1.807, 2.05) is 25.1 Å². The Kier molecular flexibility index (Phi) is 4.55. The van der Waals surface area contributed by atoms with E-state index in [1.54, 1.807) is 11.0 Å². The fourth-order valence-corrected chi connectivity index (χ4v) is 2.16. The summed E-state index contributed by atoms with van der Waals surface area (Å²) >= 11 is 0. The normalized spacial score (nSPS) is 14.6. The highest BCUT2D eigenvalue weighted by Crippen LogP contribution is 2.22. The Labute approximate surface area is 113 Å². The predicted molar refractivity (Wildman–Crippen MR) is 72.4 cm³/mol. The lowest BCUT2D eigenvalue weighted by Gasteiger charge is -2.19. The zero-order valence-corrected chi connectivity index (χ0v) is 11.2. The number of amides is 1. The molecule has 0 aromatic heterocycles. The molecule has 102 valence electrons. The summed E-state index contributed by atoms with van der Waals surface area (Å²) in [5.41, 5.74) is 0.613. The largest absolute Gasteiger partial charge is 0.491 e. The van der Waals surface area contributed by atoms with Gasteiger partial charge in [-0.05, 0) is 18.6 Å². The molecule has 2 rings (SSSR count). The first-order chi connectivity index (χ1) is 9.22. The zero-order valence-electron chi connectivity index (χ0n) is 11.2. The Morgan fingerprint density at radius 1 is 1.37 bits per heavy atom. The fraction of sp³-hybridized carbons (Fsp3) is 0.467. The second-order valence-corrected chi connectivity index (χ2v) is 4.63. The van der Waals surface area contributed by atoms with Gasteiger partial charge in [0.1, 0.15) is 18.1 Å². The molecular formula is C15H19NO3. The van der Waals surface area contributed by atoms with Gasteiger partial charge in [-0.25, -0.2) is 0 Å². The van der Waals surface area contributed by atoms with E-state index in [1.165, 1.54) is 0 Å². The van der Waals surface area contributed by atoms with Gasteiger partial charge in [0.25, 0.3) is 5.91 Å². The monoisotopic (exact) mass is 261 g/mol. The van der Waals surface area contributed by atoms with Crippen LogP contribution in [0.15, 0.2) is 24.3 Å². The minimum atomic E-state index is -0.00273. The van der Waals surface area contributed by atoms with Crippen molar-refractivity contribution in [3.8, 4) is 5.75 Å². The molecule has 0 N–H and O–H groups in total. The first kappa shape index (κ1) is 13.6. The van der Waals surface area contributed by atoms with Gasteiger partial charge in [0.05, 0.1) is 12.1 Å². The van der Waals surface area contributed by atoms with E-state index in [9.17, 15) is 9.59 Å². The van der Waals surface area contributed by atoms with Crippen LogP contribution in [0.2, 0.25) is 0 Å². The molecule has 0 unspecified atom stereocenters. The molecule has 1 aliphatic heterocycles. The number of ether oxygens (including phenoxy) is 1. The highest BCUT2D eigenvalue weighted by molar-refractivity contribution is 5.97. The van der Waals surface area contributed by atoms with Crippen molar-refractivity contribution in [2.75, 3.05) is 19.7 Å². The highest BCUT2D eigenvalue weighted by Gasteiger charge is 2.22. The summed E-state index contributed by atoms with van der Waals surface area (Å²) in [4.78, 5) is 25.4. The van der Waals surface area contributed by atoms with E-state index in [0.29, 0.717) is 43.9 Å². The van der Waals surface area contributed by atoms with Crippen LogP contribution in [0.4, 0.5) is 0 Å². The van der Waals surface area contributed by atoms with Crippen LogP contribution in [-0.2, 0) is 4.79 Å². The van der Waals surface area contributed by atoms with Gasteiger partial charge in [-0.2, -0.15) is 0 Å². The van der Waals surface area contributed by atoms with E-state index in [0.717, 1.165) is 6.42 Å². The predicted octanol–water partition coefficient (Wildman–Crippen LogP) is 2.28. The standard InChI is InChI=1S/C15H19NO3/c1-2-12(17)6-5-9-16-10-11-19-14-8-4-3-7-13(14)15(16)18/h3-4,7-8H,2,5-6,9-11H2,1H3. The summed E-state index contributed by atoms with van der Waals surface area (Å²) in [6, 6.07) is 7.30. The second kappa shape index (κ2) is 6.36. The highest BCUT2D eigenvalue weighted by atomic mass is 16.5. The number of ketones is 1. The van der Waals surface area contributed by atoms with Crippen molar-refractivity contribution in [2.24, 2.45) is 0 Å². The van der Waals surface area contributed by atoms with Crippen LogP contribution in [0.5, 0.6) is 5.75 Å². The summed E-state index contributed by atoms with van der Waals surface area (Å²) in [6.07, 6.45) is 1.84. The molecule has 1 aromatic carbocycles. The Morgan fingerprint density at radius 3 is 2.95 bits per heavy atom. The SMILES string of the molecule is CCC(=O)CCCN1CCOc2ccccc2C1=O. The summed E-state index contributed by atoms with van der Waals surface area (Å²) in [5, 5.41) is 0. The molecule has 1 amide bonds. The first-order valence-electron chi connectivity index (χ1n) is 6.75. The van der Waals surface area contributed by atoms with Crippen LogP contribution in [0, 0.1) is 0 Å². The second-order valence-electron chi connectivity index (χ2n) is 4.63. The van der Waals surface area contributed by atoms with Crippen molar-refractivity contribution in [3.63, 3.8) is 0 Å². The number of Topliss-reactive ketones (excluding diaryl/α,β-unsaturated/α-hetero) is 1. The van der Waals surface area contributed by atoms with E-state index >= 15 is 0 Å². The number of hydrogen-bond donors (Lipinski definition) is 0. The Morgan fingerprint density at radius 2 is 2.16 bits per heavy atom. The maximum absolute atomic E-state index is 12.3. The van der Waals surface area contributed by atoms with Crippen LogP contribution in [0.3, 0.4) is 0 Å².